The van der Waals surface area contributed by atoms with Gasteiger partial charge in [0, 0.05) is 19.1 Å². The third-order valence-electron chi connectivity index (χ3n) is 5.04. The maximum atomic E-state index is 13.1. The van der Waals surface area contributed by atoms with Crippen LogP contribution in [-0.4, -0.2) is 35.2 Å². The fourth-order valence-corrected chi connectivity index (χ4v) is 3.72. The number of piperidine rings is 1. The average Bonchev–Trinajstić information content (AvgIpc) is 2.62. The average molecular weight is 454 g/mol. The van der Waals surface area contributed by atoms with Crippen molar-refractivity contribution < 1.29 is 35.9 Å². The molecule has 2 unspecified atom stereocenters. The van der Waals surface area contributed by atoms with Gasteiger partial charge in [-0.15, -0.1) is 0 Å². The van der Waals surface area contributed by atoms with E-state index in [1.54, 1.807) is 25.7 Å². The third kappa shape index (κ3) is 7.02. The van der Waals surface area contributed by atoms with Gasteiger partial charge in [0.1, 0.15) is 5.60 Å². The van der Waals surface area contributed by atoms with Crippen molar-refractivity contribution in [1.29, 1.82) is 0 Å². The van der Waals surface area contributed by atoms with Crippen molar-refractivity contribution in [3.8, 4) is 0 Å². The van der Waals surface area contributed by atoms with Crippen molar-refractivity contribution in [2.24, 2.45) is 0 Å². The number of hydrogen-bond acceptors (Lipinski definition) is 3. The molecule has 1 heterocycles. The van der Waals surface area contributed by atoms with E-state index in [9.17, 15) is 31.1 Å². The van der Waals surface area contributed by atoms with Crippen molar-refractivity contribution in [2.45, 2.75) is 83.5 Å². The Morgan fingerprint density at radius 1 is 1.06 bits per heavy atom. The number of likely N-dealkylation sites (tertiary alicyclic amines) is 1. The molecule has 0 aliphatic carbocycles. The summed E-state index contributed by atoms with van der Waals surface area (Å²) in [6.45, 7) is 7.41. The van der Waals surface area contributed by atoms with Crippen LogP contribution in [0.3, 0.4) is 0 Å². The van der Waals surface area contributed by atoms with E-state index >= 15 is 0 Å². The maximum absolute atomic E-state index is 13.1. The molecule has 1 saturated heterocycles. The van der Waals surface area contributed by atoms with Gasteiger partial charge in [0.15, 0.2) is 0 Å². The van der Waals surface area contributed by atoms with Crippen LogP contribution in [0.1, 0.15) is 63.6 Å². The summed E-state index contributed by atoms with van der Waals surface area (Å²) in [7, 11) is 0. The topological polar surface area (TPSA) is 41.6 Å². The zero-order chi connectivity index (χ0) is 23.6. The summed E-state index contributed by atoms with van der Waals surface area (Å²) in [5.41, 5.74) is -3.48. The number of carbonyl (C=O) groups is 1. The quantitative estimate of drug-likeness (QED) is 0.568. The lowest BCUT2D eigenvalue weighted by Gasteiger charge is -2.41. The minimum absolute atomic E-state index is 0.114. The summed E-state index contributed by atoms with van der Waals surface area (Å²) < 4.78 is 83.9. The Bertz CT molecular complexity index is 738. The SMILES string of the molecule is CCC1C(NCc2cc(C(F)(F)F)cc(C(F)(F)F)c2)CCCN1C(=O)OC(C)(C)C. The van der Waals surface area contributed by atoms with E-state index in [2.05, 4.69) is 5.32 Å². The zero-order valence-electron chi connectivity index (χ0n) is 18.0. The molecule has 176 valence electrons. The number of alkyl halides is 6. The Morgan fingerprint density at radius 2 is 1.61 bits per heavy atom. The summed E-state index contributed by atoms with van der Waals surface area (Å²) in [5.74, 6) is 0. The van der Waals surface area contributed by atoms with Crippen LogP contribution in [0, 0.1) is 0 Å². The fourth-order valence-electron chi connectivity index (χ4n) is 3.72. The number of nitrogens with zero attached hydrogens (tertiary/aromatic N) is 1. The number of amides is 1. The van der Waals surface area contributed by atoms with E-state index in [-0.39, 0.29) is 30.3 Å². The van der Waals surface area contributed by atoms with E-state index in [1.165, 1.54) is 0 Å². The van der Waals surface area contributed by atoms with Crippen molar-refractivity contribution in [3.05, 3.63) is 34.9 Å². The number of carbonyl (C=O) groups excluding carboxylic acids is 1. The molecule has 0 aromatic heterocycles. The second-order valence-corrected chi connectivity index (χ2v) is 8.69. The zero-order valence-corrected chi connectivity index (χ0v) is 18.0. The van der Waals surface area contributed by atoms with Crippen LogP contribution < -0.4 is 5.32 Å². The molecule has 1 amide bonds. The number of nitrogens with one attached hydrogen (secondary N) is 1. The molecule has 1 N–H and O–H groups in total. The standard InChI is InChI=1S/C21H28F6N2O2/c1-5-17-16(7-6-8-29(17)18(30)31-19(2,3)4)28-12-13-9-14(20(22,23)24)11-15(10-13)21(25,26)27/h9-11,16-17,28H,5-8,12H2,1-4H3. The molecule has 0 bridgehead atoms. The lowest BCUT2D eigenvalue weighted by atomic mass is 9.94. The first-order valence-electron chi connectivity index (χ1n) is 10.1. The van der Waals surface area contributed by atoms with Crippen LogP contribution in [0.4, 0.5) is 31.1 Å². The van der Waals surface area contributed by atoms with E-state index in [1.807, 2.05) is 6.92 Å². The van der Waals surface area contributed by atoms with Gasteiger partial charge in [0.2, 0.25) is 0 Å². The third-order valence-corrected chi connectivity index (χ3v) is 5.04. The second-order valence-electron chi connectivity index (χ2n) is 8.69. The molecule has 4 nitrogen and oxygen atoms in total. The molecular weight excluding hydrogens is 426 g/mol. The van der Waals surface area contributed by atoms with E-state index in [0.29, 0.717) is 25.8 Å². The molecule has 10 heteroatoms. The Kier molecular flexibility index (Phi) is 7.55. The molecule has 1 fully saturated rings. The summed E-state index contributed by atoms with van der Waals surface area (Å²) in [4.78, 5) is 14.1. The number of benzene rings is 1. The number of rotatable bonds is 4. The molecule has 2 atom stereocenters. The number of hydrogen-bond donors (Lipinski definition) is 1. The molecule has 1 aliphatic heterocycles. The first-order chi connectivity index (χ1) is 14.1. The fraction of sp³-hybridized carbons (Fsp3) is 0.667. The molecular formula is C21H28F6N2O2. The Labute approximate surface area is 177 Å². The molecule has 1 aliphatic rings. The van der Waals surface area contributed by atoms with Crippen LogP contribution >= 0.6 is 0 Å². The van der Waals surface area contributed by atoms with E-state index in [0.717, 1.165) is 12.1 Å². The normalized spacial score (nSPS) is 20.6. The minimum atomic E-state index is -4.89. The summed E-state index contributed by atoms with van der Waals surface area (Å²) in [6, 6.07) is 0.991. The van der Waals surface area contributed by atoms with Gasteiger partial charge < -0.3 is 15.0 Å². The highest BCUT2D eigenvalue weighted by atomic mass is 19.4. The van der Waals surface area contributed by atoms with Crippen molar-refractivity contribution in [1.82, 2.24) is 10.2 Å². The van der Waals surface area contributed by atoms with Crippen LogP contribution in [-0.2, 0) is 23.6 Å². The minimum Gasteiger partial charge on any atom is -0.444 e. The van der Waals surface area contributed by atoms with Gasteiger partial charge in [-0.1, -0.05) is 6.92 Å². The van der Waals surface area contributed by atoms with Crippen molar-refractivity contribution >= 4 is 6.09 Å². The summed E-state index contributed by atoms with van der Waals surface area (Å²) in [6.07, 6.45) is -8.41. The van der Waals surface area contributed by atoms with Gasteiger partial charge in [-0.25, -0.2) is 4.79 Å². The first-order valence-corrected chi connectivity index (χ1v) is 10.1. The molecule has 31 heavy (non-hydrogen) atoms. The molecule has 2 rings (SSSR count). The smallest absolute Gasteiger partial charge is 0.416 e. The van der Waals surface area contributed by atoms with Gasteiger partial charge in [0.05, 0.1) is 17.2 Å². The van der Waals surface area contributed by atoms with Crippen molar-refractivity contribution in [3.63, 3.8) is 0 Å². The van der Waals surface area contributed by atoms with Gasteiger partial charge in [-0.3, -0.25) is 0 Å². The van der Waals surface area contributed by atoms with Crippen LogP contribution in [0.25, 0.3) is 0 Å². The predicted molar refractivity (Wildman–Crippen MR) is 103 cm³/mol. The highest BCUT2D eigenvalue weighted by Gasteiger charge is 2.38. The van der Waals surface area contributed by atoms with Crippen LogP contribution in [0.5, 0.6) is 0 Å². The van der Waals surface area contributed by atoms with Gasteiger partial charge >= 0.3 is 18.4 Å². The predicted octanol–water partition coefficient (Wildman–Crippen LogP) is 5.99. The summed E-state index contributed by atoms with van der Waals surface area (Å²) in [5, 5.41) is 3.06. The molecule has 1 aromatic rings. The van der Waals surface area contributed by atoms with Gasteiger partial charge in [-0.05, 0) is 63.8 Å². The van der Waals surface area contributed by atoms with Gasteiger partial charge in [-0.2, -0.15) is 26.3 Å². The number of ether oxygens (including phenoxy) is 1. The molecule has 0 radical (unpaired) electrons. The Hall–Kier alpha value is -1.97. The summed E-state index contributed by atoms with van der Waals surface area (Å²) >= 11 is 0. The highest BCUT2D eigenvalue weighted by Crippen LogP contribution is 2.36. The van der Waals surface area contributed by atoms with Crippen molar-refractivity contribution in [2.75, 3.05) is 6.54 Å². The first kappa shape index (κ1) is 25.3. The number of halogens is 6. The Morgan fingerprint density at radius 3 is 2.06 bits per heavy atom. The van der Waals surface area contributed by atoms with Crippen LogP contribution in [0.2, 0.25) is 0 Å². The van der Waals surface area contributed by atoms with E-state index < -0.39 is 35.2 Å². The maximum Gasteiger partial charge on any atom is 0.416 e. The second kappa shape index (κ2) is 9.26. The Balaban J connectivity index is 2.20. The van der Waals surface area contributed by atoms with E-state index in [4.69, 9.17) is 4.74 Å². The monoisotopic (exact) mass is 454 g/mol. The molecule has 0 saturated carbocycles. The largest absolute Gasteiger partial charge is 0.444 e. The van der Waals surface area contributed by atoms with Crippen LogP contribution in [0.15, 0.2) is 18.2 Å². The highest BCUT2D eigenvalue weighted by molar-refractivity contribution is 5.68. The molecule has 1 aromatic carbocycles. The molecule has 0 spiro atoms. The lowest BCUT2D eigenvalue weighted by Crippen LogP contribution is -2.56. The van der Waals surface area contributed by atoms with Gasteiger partial charge in [0.25, 0.3) is 0 Å². The lowest BCUT2D eigenvalue weighted by molar-refractivity contribution is -0.143.